The second-order valence-corrected chi connectivity index (χ2v) is 7.01. The summed E-state index contributed by atoms with van der Waals surface area (Å²) in [6.45, 7) is 0.912. The van der Waals surface area contributed by atoms with E-state index in [1.807, 2.05) is 42.5 Å². The van der Waals surface area contributed by atoms with Gasteiger partial charge in [-0.2, -0.15) is 0 Å². The lowest BCUT2D eigenvalue weighted by Crippen LogP contribution is -2.30. The third kappa shape index (κ3) is 5.72. The number of nitrogens with zero attached hydrogens (tertiary/aromatic N) is 1. The molecule has 2 aromatic carbocycles. The maximum absolute atomic E-state index is 12.9. The number of benzene rings is 2. The summed E-state index contributed by atoms with van der Waals surface area (Å²) < 4.78 is 10.4. The average Bonchev–Trinajstić information content (AvgIpc) is 3.15. The van der Waals surface area contributed by atoms with Crippen molar-refractivity contribution in [3.63, 3.8) is 0 Å². The molecular formula is C22H28ClN3O4. The molecule has 7 nitrogen and oxygen atoms in total. The molecule has 1 unspecified atom stereocenters. The summed E-state index contributed by atoms with van der Waals surface area (Å²) in [6.07, 6.45) is 0.957. The standard InChI is InChI=1S/C22H27N3O4.ClH/c1-28-18-5-3-4-15(10-18)11-22(27)25-9-8-16-6-7-17(12-20(16)25)24-21(26)13-19(14-23)29-2;/h3-7,10,12,19H,8-9,11,13-14,23H2,1-2H3,(H,24,26);1H. The third-order valence-electron chi connectivity index (χ3n) is 5.06. The van der Waals surface area contributed by atoms with Crippen LogP contribution in [0, 0.1) is 0 Å². The van der Waals surface area contributed by atoms with Crippen LogP contribution in [0.5, 0.6) is 5.75 Å². The van der Waals surface area contributed by atoms with E-state index in [0.29, 0.717) is 18.7 Å². The zero-order valence-electron chi connectivity index (χ0n) is 17.2. The molecule has 0 fully saturated rings. The first-order valence-electron chi connectivity index (χ1n) is 9.63. The molecular weight excluding hydrogens is 406 g/mol. The van der Waals surface area contributed by atoms with Crippen LogP contribution in [0.15, 0.2) is 42.5 Å². The predicted molar refractivity (Wildman–Crippen MR) is 120 cm³/mol. The van der Waals surface area contributed by atoms with Crippen molar-refractivity contribution in [1.82, 2.24) is 0 Å². The molecule has 0 saturated heterocycles. The Balaban J connectivity index is 0.00000320. The van der Waals surface area contributed by atoms with E-state index >= 15 is 0 Å². The molecule has 2 aromatic rings. The number of nitrogens with two attached hydrogens (primary N) is 1. The monoisotopic (exact) mass is 433 g/mol. The van der Waals surface area contributed by atoms with E-state index in [-0.39, 0.29) is 43.3 Å². The highest BCUT2D eigenvalue weighted by Crippen LogP contribution is 2.31. The first-order chi connectivity index (χ1) is 14.0. The molecule has 3 rings (SSSR count). The van der Waals surface area contributed by atoms with Gasteiger partial charge in [0.1, 0.15) is 5.75 Å². The van der Waals surface area contributed by atoms with E-state index in [0.717, 1.165) is 29.0 Å². The van der Waals surface area contributed by atoms with Crippen LogP contribution in [0.1, 0.15) is 17.5 Å². The van der Waals surface area contributed by atoms with Gasteiger partial charge in [-0.05, 0) is 41.8 Å². The first-order valence-corrected chi connectivity index (χ1v) is 9.63. The van der Waals surface area contributed by atoms with Crippen molar-refractivity contribution in [2.75, 3.05) is 37.5 Å². The lowest BCUT2D eigenvalue weighted by atomic mass is 10.1. The Hall–Kier alpha value is -2.61. The zero-order valence-corrected chi connectivity index (χ0v) is 18.0. The highest BCUT2D eigenvalue weighted by Gasteiger charge is 2.25. The van der Waals surface area contributed by atoms with E-state index in [1.165, 1.54) is 7.11 Å². The van der Waals surface area contributed by atoms with Gasteiger partial charge >= 0.3 is 0 Å². The summed E-state index contributed by atoms with van der Waals surface area (Å²) in [5.74, 6) is 0.575. The Morgan fingerprint density at radius 1 is 1.20 bits per heavy atom. The fourth-order valence-electron chi connectivity index (χ4n) is 3.45. The minimum atomic E-state index is -0.314. The van der Waals surface area contributed by atoms with Crippen molar-refractivity contribution in [1.29, 1.82) is 0 Å². The summed E-state index contributed by atoms with van der Waals surface area (Å²) in [5.41, 5.74) is 9.07. The zero-order chi connectivity index (χ0) is 20.8. The van der Waals surface area contributed by atoms with Gasteiger partial charge in [0.25, 0.3) is 0 Å². The quantitative estimate of drug-likeness (QED) is 0.667. The number of amides is 2. The molecule has 3 N–H and O–H groups in total. The van der Waals surface area contributed by atoms with Gasteiger partial charge in [0.2, 0.25) is 11.8 Å². The van der Waals surface area contributed by atoms with Crippen LogP contribution >= 0.6 is 12.4 Å². The fraction of sp³-hybridized carbons (Fsp3) is 0.364. The Morgan fingerprint density at radius 3 is 2.70 bits per heavy atom. The smallest absolute Gasteiger partial charge is 0.231 e. The Kier molecular flexibility index (Phi) is 8.65. The SMILES string of the molecule is COc1cccc(CC(=O)N2CCc3ccc(NC(=O)CC(CN)OC)cc32)c1.Cl. The van der Waals surface area contributed by atoms with Crippen LogP contribution in [0.25, 0.3) is 0 Å². The highest BCUT2D eigenvalue weighted by atomic mass is 35.5. The lowest BCUT2D eigenvalue weighted by molar-refractivity contribution is -0.119. The number of carbonyl (C=O) groups is 2. The Morgan fingerprint density at radius 2 is 2.00 bits per heavy atom. The highest BCUT2D eigenvalue weighted by molar-refractivity contribution is 5.98. The molecule has 1 aliphatic heterocycles. The van der Waals surface area contributed by atoms with E-state index in [1.54, 1.807) is 12.0 Å². The maximum atomic E-state index is 12.9. The Bertz CT molecular complexity index is 886. The van der Waals surface area contributed by atoms with E-state index in [4.69, 9.17) is 15.2 Å². The average molecular weight is 434 g/mol. The number of fused-ring (bicyclic) bond motifs is 1. The number of carbonyl (C=O) groups excluding carboxylic acids is 2. The second kappa shape index (κ2) is 11.0. The number of nitrogens with one attached hydrogen (secondary N) is 1. The number of rotatable bonds is 8. The summed E-state index contributed by atoms with van der Waals surface area (Å²) in [6, 6.07) is 13.2. The molecule has 162 valence electrons. The minimum absolute atomic E-state index is 0. The Labute approximate surface area is 182 Å². The number of halogens is 1. The van der Waals surface area contributed by atoms with Crippen LogP contribution in [0.3, 0.4) is 0 Å². The van der Waals surface area contributed by atoms with Gasteiger partial charge in [0.05, 0.1) is 26.1 Å². The minimum Gasteiger partial charge on any atom is -0.497 e. The lowest BCUT2D eigenvalue weighted by Gasteiger charge is -2.19. The van der Waals surface area contributed by atoms with Crippen LogP contribution in [-0.2, 0) is 27.2 Å². The van der Waals surface area contributed by atoms with Crippen molar-refractivity contribution < 1.29 is 19.1 Å². The number of methoxy groups -OCH3 is 2. The van der Waals surface area contributed by atoms with E-state index in [2.05, 4.69) is 5.32 Å². The molecule has 0 spiro atoms. The molecule has 0 aliphatic carbocycles. The molecule has 0 radical (unpaired) electrons. The van der Waals surface area contributed by atoms with Gasteiger partial charge in [0, 0.05) is 31.6 Å². The fourth-order valence-corrected chi connectivity index (χ4v) is 3.45. The van der Waals surface area contributed by atoms with Crippen LogP contribution in [0.2, 0.25) is 0 Å². The van der Waals surface area contributed by atoms with Crippen molar-refractivity contribution in [2.24, 2.45) is 5.73 Å². The molecule has 30 heavy (non-hydrogen) atoms. The van der Waals surface area contributed by atoms with Crippen LogP contribution in [-0.4, -0.2) is 45.2 Å². The van der Waals surface area contributed by atoms with Gasteiger partial charge in [-0.3, -0.25) is 9.59 Å². The largest absolute Gasteiger partial charge is 0.497 e. The number of anilines is 2. The van der Waals surface area contributed by atoms with Crippen molar-refractivity contribution in [2.45, 2.75) is 25.4 Å². The molecule has 0 bridgehead atoms. The van der Waals surface area contributed by atoms with Gasteiger partial charge in [-0.15, -0.1) is 12.4 Å². The topological polar surface area (TPSA) is 93.9 Å². The molecule has 1 aliphatic rings. The molecule has 1 atom stereocenters. The van der Waals surface area contributed by atoms with E-state index in [9.17, 15) is 9.59 Å². The third-order valence-corrected chi connectivity index (χ3v) is 5.06. The van der Waals surface area contributed by atoms with Gasteiger partial charge in [0.15, 0.2) is 0 Å². The summed E-state index contributed by atoms with van der Waals surface area (Å²) >= 11 is 0. The number of hydrogen-bond acceptors (Lipinski definition) is 5. The molecule has 1 heterocycles. The molecule has 0 aromatic heterocycles. The van der Waals surface area contributed by atoms with Crippen molar-refractivity contribution in [3.8, 4) is 5.75 Å². The first kappa shape index (κ1) is 23.7. The number of ether oxygens (including phenoxy) is 2. The maximum Gasteiger partial charge on any atom is 0.231 e. The normalized spacial score (nSPS) is 13.2. The van der Waals surface area contributed by atoms with Crippen LogP contribution < -0.4 is 20.7 Å². The van der Waals surface area contributed by atoms with E-state index < -0.39 is 0 Å². The van der Waals surface area contributed by atoms with Gasteiger partial charge in [-0.1, -0.05) is 18.2 Å². The predicted octanol–water partition coefficient (Wildman–Crippen LogP) is 2.55. The molecule has 0 saturated carbocycles. The van der Waals surface area contributed by atoms with Gasteiger partial charge in [-0.25, -0.2) is 0 Å². The van der Waals surface area contributed by atoms with Gasteiger partial charge < -0.3 is 25.4 Å². The molecule has 2 amide bonds. The van der Waals surface area contributed by atoms with Crippen molar-refractivity contribution in [3.05, 3.63) is 53.6 Å². The molecule has 8 heteroatoms. The number of hydrogen-bond donors (Lipinski definition) is 2. The second-order valence-electron chi connectivity index (χ2n) is 7.01. The summed E-state index contributed by atoms with van der Waals surface area (Å²) in [7, 11) is 3.14. The van der Waals surface area contributed by atoms with Crippen molar-refractivity contribution >= 4 is 35.6 Å². The van der Waals surface area contributed by atoms with Crippen LogP contribution in [0.4, 0.5) is 11.4 Å². The summed E-state index contributed by atoms with van der Waals surface area (Å²) in [4.78, 5) is 26.9. The summed E-state index contributed by atoms with van der Waals surface area (Å²) in [5, 5.41) is 2.87.